The summed E-state index contributed by atoms with van der Waals surface area (Å²) in [4.78, 5) is 0. The van der Waals surface area contributed by atoms with Crippen LogP contribution in [0, 0.1) is 0 Å². The third-order valence-corrected chi connectivity index (χ3v) is 7.70. The summed E-state index contributed by atoms with van der Waals surface area (Å²) < 4.78 is 0. The van der Waals surface area contributed by atoms with Crippen molar-refractivity contribution in [3.8, 4) is 0 Å². The molecule has 0 radical (unpaired) electrons. The lowest BCUT2D eigenvalue weighted by molar-refractivity contribution is 0.670. The second kappa shape index (κ2) is 3.89. The fraction of sp³-hybridized carbons (Fsp3) is 0.818. The fourth-order valence-electron chi connectivity index (χ4n) is 2.28. The van der Waals surface area contributed by atoms with Gasteiger partial charge < -0.3 is 0 Å². The van der Waals surface area contributed by atoms with E-state index in [2.05, 4.69) is 42.1 Å². The second-order valence-electron chi connectivity index (χ2n) is 5.26. The van der Waals surface area contributed by atoms with Crippen LogP contribution < -0.4 is 0 Å². The van der Waals surface area contributed by atoms with Gasteiger partial charge in [-0.05, 0) is 24.3 Å². The molecular formula is C11H21BrSi. The smallest absolute Gasteiger partial charge is 0.0556 e. The van der Waals surface area contributed by atoms with Crippen molar-refractivity contribution in [3.63, 3.8) is 0 Å². The molecular weight excluding hydrogens is 240 g/mol. The lowest BCUT2D eigenvalue weighted by atomic mass is 10.2. The Balaban J connectivity index is 2.49. The Morgan fingerprint density at radius 2 is 1.92 bits per heavy atom. The van der Waals surface area contributed by atoms with Crippen molar-refractivity contribution >= 4 is 24.0 Å². The van der Waals surface area contributed by atoms with E-state index in [1.54, 1.807) is 5.57 Å². The molecule has 0 spiro atoms. The van der Waals surface area contributed by atoms with E-state index >= 15 is 0 Å². The molecule has 1 fully saturated rings. The molecule has 0 heterocycles. The molecule has 1 atom stereocenters. The normalized spacial score (nSPS) is 27.8. The molecule has 0 aromatic rings. The molecule has 1 rings (SSSR count). The summed E-state index contributed by atoms with van der Waals surface area (Å²) >= 11 is 3.49. The molecule has 1 aliphatic rings. The minimum absolute atomic E-state index is 0.620. The molecule has 0 saturated heterocycles. The molecule has 0 aliphatic heterocycles. The van der Waals surface area contributed by atoms with E-state index in [1.165, 1.54) is 25.7 Å². The van der Waals surface area contributed by atoms with Gasteiger partial charge in [-0.3, -0.25) is 0 Å². The van der Waals surface area contributed by atoms with E-state index in [0.29, 0.717) is 5.04 Å². The van der Waals surface area contributed by atoms with Gasteiger partial charge in [0.1, 0.15) is 0 Å². The maximum Gasteiger partial charge on any atom is 0.0556 e. The highest BCUT2D eigenvalue weighted by Gasteiger charge is 2.55. The minimum Gasteiger partial charge on any atom is -0.0996 e. The predicted octanol–water partition coefficient (Wildman–Crippen LogP) is 4.59. The summed E-state index contributed by atoms with van der Waals surface area (Å²) in [5.74, 6) is 0. The maximum absolute atomic E-state index is 4.19. The van der Waals surface area contributed by atoms with Crippen molar-refractivity contribution in [2.24, 2.45) is 0 Å². The molecule has 0 aromatic heterocycles. The van der Waals surface area contributed by atoms with Crippen LogP contribution in [0.3, 0.4) is 0 Å². The molecule has 1 unspecified atom stereocenters. The SMILES string of the molecule is C=C1CC1(CCCCBr)[Si](C)(C)C. The third-order valence-electron chi connectivity index (χ3n) is 3.49. The van der Waals surface area contributed by atoms with Gasteiger partial charge in [0.25, 0.3) is 0 Å². The molecule has 76 valence electrons. The maximum atomic E-state index is 4.19. The summed E-state index contributed by atoms with van der Waals surface area (Å²) in [6.45, 7) is 11.6. The summed E-state index contributed by atoms with van der Waals surface area (Å²) in [6, 6.07) is 0. The van der Waals surface area contributed by atoms with Crippen LogP contribution in [0.15, 0.2) is 12.2 Å². The number of rotatable bonds is 5. The Kier molecular flexibility index (Phi) is 3.45. The first-order valence-electron chi connectivity index (χ1n) is 5.18. The molecule has 13 heavy (non-hydrogen) atoms. The summed E-state index contributed by atoms with van der Waals surface area (Å²) in [6.07, 6.45) is 5.41. The van der Waals surface area contributed by atoms with E-state index in [1.807, 2.05) is 0 Å². The van der Waals surface area contributed by atoms with Gasteiger partial charge in [-0.15, -0.1) is 0 Å². The van der Waals surface area contributed by atoms with Gasteiger partial charge in [-0.2, -0.15) is 0 Å². The molecule has 0 nitrogen and oxygen atoms in total. The highest BCUT2D eigenvalue weighted by molar-refractivity contribution is 9.09. The van der Waals surface area contributed by atoms with Gasteiger partial charge in [-0.1, -0.05) is 54.1 Å². The first-order valence-corrected chi connectivity index (χ1v) is 9.80. The molecule has 0 bridgehead atoms. The van der Waals surface area contributed by atoms with Gasteiger partial charge in [0.15, 0.2) is 0 Å². The van der Waals surface area contributed by atoms with Crippen molar-refractivity contribution in [2.75, 3.05) is 5.33 Å². The molecule has 1 saturated carbocycles. The fourth-order valence-corrected chi connectivity index (χ4v) is 5.40. The van der Waals surface area contributed by atoms with E-state index in [-0.39, 0.29) is 0 Å². The number of allylic oxidation sites excluding steroid dienone is 1. The van der Waals surface area contributed by atoms with Crippen LogP contribution in [0.4, 0.5) is 0 Å². The zero-order valence-electron chi connectivity index (χ0n) is 9.12. The lowest BCUT2D eigenvalue weighted by Gasteiger charge is -2.28. The van der Waals surface area contributed by atoms with Crippen molar-refractivity contribution < 1.29 is 0 Å². The van der Waals surface area contributed by atoms with Crippen molar-refractivity contribution in [1.29, 1.82) is 0 Å². The van der Waals surface area contributed by atoms with Gasteiger partial charge >= 0.3 is 0 Å². The van der Waals surface area contributed by atoms with Gasteiger partial charge in [0, 0.05) is 5.33 Å². The van der Waals surface area contributed by atoms with Crippen LogP contribution in [0.1, 0.15) is 25.7 Å². The number of alkyl halides is 1. The first-order chi connectivity index (χ1) is 5.94. The number of halogens is 1. The average Bonchev–Trinajstić information content (AvgIpc) is 2.62. The topological polar surface area (TPSA) is 0 Å². The third kappa shape index (κ3) is 2.27. The summed E-state index contributed by atoms with van der Waals surface area (Å²) in [7, 11) is -1.00. The number of hydrogen-bond donors (Lipinski definition) is 0. The minimum atomic E-state index is -1.00. The largest absolute Gasteiger partial charge is 0.0996 e. The van der Waals surface area contributed by atoms with Crippen LogP contribution >= 0.6 is 15.9 Å². The lowest BCUT2D eigenvalue weighted by Crippen LogP contribution is -2.29. The van der Waals surface area contributed by atoms with Crippen molar-refractivity contribution in [2.45, 2.75) is 50.4 Å². The summed E-state index contributed by atoms with van der Waals surface area (Å²) in [5.41, 5.74) is 1.54. The van der Waals surface area contributed by atoms with E-state index in [9.17, 15) is 0 Å². The zero-order valence-corrected chi connectivity index (χ0v) is 11.7. The Morgan fingerprint density at radius 1 is 1.38 bits per heavy atom. The Bertz CT molecular complexity index is 205. The number of hydrogen-bond acceptors (Lipinski definition) is 0. The summed E-state index contributed by atoms with van der Waals surface area (Å²) in [5, 5.41) is 1.77. The van der Waals surface area contributed by atoms with Crippen molar-refractivity contribution in [1.82, 2.24) is 0 Å². The molecule has 0 aromatic carbocycles. The van der Waals surface area contributed by atoms with E-state index in [0.717, 1.165) is 5.33 Å². The van der Waals surface area contributed by atoms with Gasteiger partial charge in [0.05, 0.1) is 8.07 Å². The molecule has 0 amide bonds. The van der Waals surface area contributed by atoms with E-state index < -0.39 is 8.07 Å². The van der Waals surface area contributed by atoms with Crippen LogP contribution in [0.2, 0.25) is 24.7 Å². The van der Waals surface area contributed by atoms with E-state index in [4.69, 9.17) is 0 Å². The predicted molar refractivity (Wildman–Crippen MR) is 67.4 cm³/mol. The average molecular weight is 261 g/mol. The van der Waals surface area contributed by atoms with Crippen LogP contribution in [-0.4, -0.2) is 13.4 Å². The van der Waals surface area contributed by atoms with Crippen LogP contribution in [0.25, 0.3) is 0 Å². The van der Waals surface area contributed by atoms with Crippen LogP contribution in [0.5, 0.6) is 0 Å². The number of unbranched alkanes of at least 4 members (excludes halogenated alkanes) is 1. The second-order valence-corrected chi connectivity index (χ2v) is 11.5. The molecule has 1 aliphatic carbocycles. The highest BCUT2D eigenvalue weighted by Crippen LogP contribution is 2.67. The quantitative estimate of drug-likeness (QED) is 0.294. The zero-order chi connectivity index (χ0) is 10.1. The Hall–Kier alpha value is 0.437. The molecule has 2 heteroatoms. The highest BCUT2D eigenvalue weighted by atomic mass is 79.9. The molecule has 0 N–H and O–H groups in total. The Morgan fingerprint density at radius 3 is 2.23 bits per heavy atom. The monoisotopic (exact) mass is 260 g/mol. The van der Waals surface area contributed by atoms with Gasteiger partial charge in [-0.25, -0.2) is 0 Å². The van der Waals surface area contributed by atoms with Crippen LogP contribution in [-0.2, 0) is 0 Å². The Labute approximate surface area is 91.9 Å². The first kappa shape index (κ1) is 11.5. The standard InChI is InChI=1S/C11H21BrSi/c1-10-9-11(10,13(2,3)4)7-5-6-8-12/h1,5-9H2,2-4H3. The van der Waals surface area contributed by atoms with Crippen molar-refractivity contribution in [3.05, 3.63) is 12.2 Å². The van der Waals surface area contributed by atoms with Gasteiger partial charge in [0.2, 0.25) is 0 Å².